The summed E-state index contributed by atoms with van der Waals surface area (Å²) in [4.78, 5) is 19.8. The van der Waals surface area contributed by atoms with Gasteiger partial charge in [-0.15, -0.1) is 0 Å². The summed E-state index contributed by atoms with van der Waals surface area (Å²) in [6.07, 6.45) is 0.179. The summed E-state index contributed by atoms with van der Waals surface area (Å²) in [7, 11) is 0. The lowest BCUT2D eigenvalue weighted by atomic mass is 10.3. The number of rotatable bonds is 5. The van der Waals surface area contributed by atoms with Gasteiger partial charge in [-0.05, 0) is 18.2 Å². The third-order valence-electron chi connectivity index (χ3n) is 2.51. The highest BCUT2D eigenvalue weighted by Gasteiger charge is 2.08. The Morgan fingerprint density at radius 3 is 2.59 bits per heavy atom. The Hall–Kier alpha value is -1.87. The largest absolute Gasteiger partial charge is 0.383 e. The van der Waals surface area contributed by atoms with Crippen molar-refractivity contribution in [3.8, 4) is 0 Å². The number of halogens is 2. The van der Waals surface area contributed by atoms with Crippen molar-refractivity contribution in [3.05, 3.63) is 34.6 Å². The topological polar surface area (TPSA) is 107 Å². The van der Waals surface area contributed by atoms with Crippen molar-refractivity contribution in [2.45, 2.75) is 11.6 Å². The van der Waals surface area contributed by atoms with Crippen LogP contribution in [0.5, 0.6) is 0 Å². The summed E-state index contributed by atoms with van der Waals surface area (Å²) in [6, 6.07) is 5.88. The standard InChI is InChI=1S/C13H13BrFN5OS/c14-7-1-2-9(8(15)5-7)18-12(21)3-4-22-13-19-10(16)6-11(17)20-13/h1-2,5-6H,3-4H2,(H,18,21)(H4,16,17,19,20). The Labute approximate surface area is 139 Å². The third-order valence-corrected chi connectivity index (χ3v) is 3.85. The first-order valence-corrected chi connectivity index (χ1v) is 7.99. The minimum Gasteiger partial charge on any atom is -0.383 e. The van der Waals surface area contributed by atoms with Gasteiger partial charge in [-0.2, -0.15) is 0 Å². The van der Waals surface area contributed by atoms with E-state index in [1.54, 1.807) is 6.07 Å². The van der Waals surface area contributed by atoms with Crippen molar-refractivity contribution in [2.75, 3.05) is 22.5 Å². The van der Waals surface area contributed by atoms with E-state index in [1.165, 1.54) is 30.0 Å². The Morgan fingerprint density at radius 1 is 1.27 bits per heavy atom. The number of anilines is 3. The van der Waals surface area contributed by atoms with Gasteiger partial charge in [0.2, 0.25) is 5.91 Å². The van der Waals surface area contributed by atoms with E-state index in [0.29, 0.717) is 15.4 Å². The van der Waals surface area contributed by atoms with Crippen molar-refractivity contribution in [2.24, 2.45) is 0 Å². The zero-order valence-electron chi connectivity index (χ0n) is 11.3. The summed E-state index contributed by atoms with van der Waals surface area (Å²) in [5.41, 5.74) is 11.2. The van der Waals surface area contributed by atoms with Crippen molar-refractivity contribution in [3.63, 3.8) is 0 Å². The predicted octanol–water partition coefficient (Wildman–Crippen LogP) is 2.66. The van der Waals surface area contributed by atoms with Crippen molar-refractivity contribution >= 4 is 50.9 Å². The van der Waals surface area contributed by atoms with Crippen LogP contribution in [0.3, 0.4) is 0 Å². The van der Waals surface area contributed by atoms with Gasteiger partial charge in [0.1, 0.15) is 17.5 Å². The fourth-order valence-electron chi connectivity index (χ4n) is 1.57. The highest BCUT2D eigenvalue weighted by atomic mass is 79.9. The molecule has 2 rings (SSSR count). The molecule has 0 aliphatic heterocycles. The van der Waals surface area contributed by atoms with E-state index in [9.17, 15) is 9.18 Å². The molecule has 0 saturated carbocycles. The number of hydrogen-bond donors (Lipinski definition) is 3. The molecule has 1 aromatic carbocycles. The van der Waals surface area contributed by atoms with Crippen LogP contribution in [-0.2, 0) is 4.79 Å². The number of nitrogens with one attached hydrogen (secondary N) is 1. The van der Waals surface area contributed by atoms with Crippen LogP contribution in [0.4, 0.5) is 21.7 Å². The molecule has 0 aliphatic rings. The third kappa shape index (κ3) is 4.85. The number of thioether (sulfide) groups is 1. The smallest absolute Gasteiger partial charge is 0.225 e. The van der Waals surface area contributed by atoms with Crippen LogP contribution in [0.1, 0.15) is 6.42 Å². The molecule has 0 fully saturated rings. The van der Waals surface area contributed by atoms with E-state index >= 15 is 0 Å². The number of carbonyl (C=O) groups excluding carboxylic acids is 1. The second kappa shape index (κ2) is 7.41. The van der Waals surface area contributed by atoms with Gasteiger partial charge in [0.25, 0.3) is 0 Å². The fraction of sp³-hybridized carbons (Fsp3) is 0.154. The Bertz CT molecular complexity index is 680. The van der Waals surface area contributed by atoms with Crippen LogP contribution in [0.25, 0.3) is 0 Å². The van der Waals surface area contributed by atoms with Crippen LogP contribution in [0.2, 0.25) is 0 Å². The summed E-state index contributed by atoms with van der Waals surface area (Å²) in [5, 5.41) is 2.91. The average molecular weight is 386 g/mol. The van der Waals surface area contributed by atoms with Gasteiger partial charge in [0, 0.05) is 22.7 Å². The molecule has 2 aromatic rings. The van der Waals surface area contributed by atoms with E-state index in [4.69, 9.17) is 11.5 Å². The van der Waals surface area contributed by atoms with Gasteiger partial charge in [-0.3, -0.25) is 4.79 Å². The number of nitrogens with two attached hydrogens (primary N) is 2. The van der Waals surface area contributed by atoms with E-state index in [0.717, 1.165) is 0 Å². The molecular formula is C13H13BrFN5OS. The van der Waals surface area contributed by atoms with Crippen molar-refractivity contribution in [1.82, 2.24) is 9.97 Å². The van der Waals surface area contributed by atoms with Crippen LogP contribution < -0.4 is 16.8 Å². The van der Waals surface area contributed by atoms with Gasteiger partial charge in [0.15, 0.2) is 5.16 Å². The fourth-order valence-corrected chi connectivity index (χ4v) is 2.71. The predicted molar refractivity (Wildman–Crippen MR) is 88.9 cm³/mol. The lowest BCUT2D eigenvalue weighted by Gasteiger charge is -2.06. The molecule has 1 heterocycles. The molecule has 116 valence electrons. The number of nitrogen functional groups attached to an aromatic ring is 2. The molecule has 0 bridgehead atoms. The maximum absolute atomic E-state index is 13.6. The number of amides is 1. The van der Waals surface area contributed by atoms with Gasteiger partial charge < -0.3 is 16.8 Å². The van der Waals surface area contributed by atoms with E-state index in [1.807, 2.05) is 0 Å². The maximum Gasteiger partial charge on any atom is 0.225 e. The lowest BCUT2D eigenvalue weighted by Crippen LogP contribution is -2.13. The summed E-state index contributed by atoms with van der Waals surface area (Å²) in [6.45, 7) is 0. The molecule has 1 amide bonds. The molecule has 1 aromatic heterocycles. The van der Waals surface area contributed by atoms with Crippen LogP contribution >= 0.6 is 27.7 Å². The van der Waals surface area contributed by atoms with Gasteiger partial charge in [0.05, 0.1) is 5.69 Å². The maximum atomic E-state index is 13.6. The van der Waals surface area contributed by atoms with Gasteiger partial charge in [-0.25, -0.2) is 14.4 Å². The molecule has 0 spiro atoms. The number of benzene rings is 1. The molecule has 5 N–H and O–H groups in total. The molecule has 0 atom stereocenters. The van der Waals surface area contributed by atoms with Crippen LogP contribution in [-0.4, -0.2) is 21.6 Å². The summed E-state index contributed by atoms with van der Waals surface area (Å²) < 4.78 is 14.2. The Balaban J connectivity index is 1.85. The molecular weight excluding hydrogens is 373 g/mol. The molecule has 0 aliphatic carbocycles. The molecule has 6 nitrogen and oxygen atoms in total. The first kappa shape index (κ1) is 16.5. The SMILES string of the molecule is Nc1cc(N)nc(SCCC(=O)Nc2ccc(Br)cc2F)n1. The van der Waals surface area contributed by atoms with Crippen LogP contribution in [0, 0.1) is 5.82 Å². The van der Waals surface area contributed by atoms with Gasteiger partial charge in [-0.1, -0.05) is 27.7 Å². The molecule has 0 saturated heterocycles. The number of nitrogens with zero attached hydrogens (tertiary/aromatic N) is 2. The molecule has 0 unspecified atom stereocenters. The number of carbonyl (C=O) groups is 1. The van der Waals surface area contributed by atoms with Crippen molar-refractivity contribution in [1.29, 1.82) is 0 Å². The van der Waals surface area contributed by atoms with Gasteiger partial charge >= 0.3 is 0 Å². The molecule has 0 radical (unpaired) electrons. The van der Waals surface area contributed by atoms with E-state index < -0.39 is 5.82 Å². The average Bonchev–Trinajstić information content (AvgIpc) is 2.41. The summed E-state index contributed by atoms with van der Waals surface area (Å²) in [5.74, 6) is 0.174. The first-order chi connectivity index (χ1) is 10.4. The number of hydrogen-bond acceptors (Lipinski definition) is 6. The minimum atomic E-state index is -0.498. The Morgan fingerprint density at radius 2 is 1.95 bits per heavy atom. The zero-order chi connectivity index (χ0) is 16.1. The minimum absolute atomic E-state index is 0.141. The monoisotopic (exact) mass is 385 g/mol. The first-order valence-electron chi connectivity index (χ1n) is 6.22. The lowest BCUT2D eigenvalue weighted by molar-refractivity contribution is -0.115. The molecule has 22 heavy (non-hydrogen) atoms. The summed E-state index contributed by atoms with van der Waals surface area (Å²) >= 11 is 4.40. The quantitative estimate of drug-likeness (QED) is 0.539. The number of aromatic nitrogens is 2. The zero-order valence-corrected chi connectivity index (χ0v) is 13.7. The second-order valence-corrected chi connectivity index (χ2v) is 6.25. The molecule has 9 heteroatoms. The van der Waals surface area contributed by atoms with E-state index in [2.05, 4.69) is 31.2 Å². The second-order valence-electron chi connectivity index (χ2n) is 4.27. The highest BCUT2D eigenvalue weighted by Crippen LogP contribution is 2.20. The highest BCUT2D eigenvalue weighted by molar-refractivity contribution is 9.10. The van der Waals surface area contributed by atoms with Crippen LogP contribution in [0.15, 0.2) is 33.9 Å². The normalized spacial score (nSPS) is 10.5. The van der Waals surface area contributed by atoms with Crippen molar-refractivity contribution < 1.29 is 9.18 Å². The van der Waals surface area contributed by atoms with E-state index in [-0.39, 0.29) is 29.7 Å². The Kier molecular flexibility index (Phi) is 5.56.